The molecule has 1 aliphatic rings. The van der Waals surface area contributed by atoms with Crippen LogP contribution in [0.4, 0.5) is 0 Å². The van der Waals surface area contributed by atoms with Gasteiger partial charge in [-0.3, -0.25) is 9.59 Å². The van der Waals surface area contributed by atoms with Gasteiger partial charge in [-0.15, -0.1) is 0 Å². The van der Waals surface area contributed by atoms with Crippen LogP contribution < -0.4 is 0 Å². The first-order valence-corrected chi connectivity index (χ1v) is 4.70. The molecule has 0 radical (unpaired) electrons. The van der Waals surface area contributed by atoms with Crippen molar-refractivity contribution in [3.05, 3.63) is 42.0 Å². The molecule has 0 aliphatic heterocycles. The predicted octanol–water partition coefficient (Wildman–Crippen LogP) is 1.26. The van der Waals surface area contributed by atoms with Gasteiger partial charge < -0.3 is 5.11 Å². The van der Waals surface area contributed by atoms with Crippen LogP contribution in [0.3, 0.4) is 0 Å². The van der Waals surface area contributed by atoms with E-state index in [9.17, 15) is 14.7 Å². The number of benzene rings is 1. The Morgan fingerprint density at radius 3 is 2.40 bits per heavy atom. The predicted molar refractivity (Wildman–Crippen MR) is 54.5 cm³/mol. The molecule has 3 nitrogen and oxygen atoms in total. The van der Waals surface area contributed by atoms with Gasteiger partial charge in [-0.2, -0.15) is 0 Å². The van der Waals surface area contributed by atoms with Gasteiger partial charge in [0.05, 0.1) is 5.92 Å². The highest BCUT2D eigenvalue weighted by molar-refractivity contribution is 6.18. The Morgan fingerprint density at radius 1 is 1.13 bits per heavy atom. The summed E-state index contributed by atoms with van der Waals surface area (Å²) in [4.78, 5) is 22.6. The molecular formula is C12H10O3. The van der Waals surface area contributed by atoms with Crippen molar-refractivity contribution in [2.75, 3.05) is 0 Å². The first kappa shape index (κ1) is 9.65. The number of aromatic hydroxyl groups is 1. The minimum absolute atomic E-state index is 0.150. The smallest absolute Gasteiger partial charge is 0.166 e. The quantitative estimate of drug-likeness (QED) is 0.734. The molecule has 0 heterocycles. The Hall–Kier alpha value is -1.90. The highest BCUT2D eigenvalue weighted by Gasteiger charge is 2.27. The Kier molecular flexibility index (Phi) is 2.37. The largest absolute Gasteiger partial charge is 0.508 e. The van der Waals surface area contributed by atoms with Crippen molar-refractivity contribution in [3.8, 4) is 5.75 Å². The number of allylic oxidation sites excluding steroid dienone is 2. The molecule has 0 aromatic heterocycles. The van der Waals surface area contributed by atoms with Crippen LogP contribution in [0.2, 0.25) is 0 Å². The molecule has 0 atom stereocenters. The monoisotopic (exact) mass is 202 g/mol. The van der Waals surface area contributed by atoms with Crippen molar-refractivity contribution in [1.82, 2.24) is 0 Å². The molecule has 0 spiro atoms. The molecule has 1 aromatic rings. The number of hydrogen-bond acceptors (Lipinski definition) is 3. The van der Waals surface area contributed by atoms with Gasteiger partial charge in [-0.05, 0) is 36.3 Å². The van der Waals surface area contributed by atoms with E-state index in [1.807, 2.05) is 0 Å². The summed E-state index contributed by atoms with van der Waals surface area (Å²) in [6, 6.07) is 6.61. The molecule has 0 amide bonds. The van der Waals surface area contributed by atoms with Crippen LogP contribution in [-0.2, 0) is 16.0 Å². The topological polar surface area (TPSA) is 54.4 Å². The highest BCUT2D eigenvalue weighted by Crippen LogP contribution is 2.19. The lowest BCUT2D eigenvalue weighted by Crippen LogP contribution is -2.17. The summed E-state index contributed by atoms with van der Waals surface area (Å²) < 4.78 is 0. The lowest BCUT2D eigenvalue weighted by molar-refractivity contribution is -0.125. The van der Waals surface area contributed by atoms with Crippen LogP contribution >= 0.6 is 0 Å². The normalized spacial score (nSPS) is 16.3. The third-order valence-corrected chi connectivity index (χ3v) is 2.45. The SMILES string of the molecule is O=C1C=CC(=O)C1Cc1cccc(O)c1. The second kappa shape index (κ2) is 3.69. The maximum Gasteiger partial charge on any atom is 0.166 e. The van der Waals surface area contributed by atoms with Crippen molar-refractivity contribution in [2.24, 2.45) is 5.92 Å². The van der Waals surface area contributed by atoms with E-state index in [-0.39, 0.29) is 17.3 Å². The summed E-state index contributed by atoms with van der Waals surface area (Å²) >= 11 is 0. The third kappa shape index (κ3) is 1.96. The average molecular weight is 202 g/mol. The Bertz CT molecular complexity index is 428. The van der Waals surface area contributed by atoms with E-state index in [1.165, 1.54) is 12.2 Å². The third-order valence-electron chi connectivity index (χ3n) is 2.45. The van der Waals surface area contributed by atoms with Gasteiger partial charge in [-0.25, -0.2) is 0 Å². The van der Waals surface area contributed by atoms with Crippen LogP contribution in [0.25, 0.3) is 0 Å². The van der Waals surface area contributed by atoms with E-state index in [2.05, 4.69) is 0 Å². The zero-order valence-corrected chi connectivity index (χ0v) is 8.01. The molecule has 1 aromatic carbocycles. The zero-order valence-electron chi connectivity index (χ0n) is 8.01. The molecule has 3 heteroatoms. The van der Waals surface area contributed by atoms with Crippen molar-refractivity contribution < 1.29 is 14.7 Å². The van der Waals surface area contributed by atoms with E-state index in [0.29, 0.717) is 6.42 Å². The second-order valence-corrected chi connectivity index (χ2v) is 3.56. The van der Waals surface area contributed by atoms with Gasteiger partial charge >= 0.3 is 0 Å². The van der Waals surface area contributed by atoms with Crippen molar-refractivity contribution in [2.45, 2.75) is 6.42 Å². The maximum atomic E-state index is 11.3. The minimum Gasteiger partial charge on any atom is -0.508 e. The lowest BCUT2D eigenvalue weighted by atomic mass is 9.95. The average Bonchev–Trinajstić information content (AvgIpc) is 2.50. The second-order valence-electron chi connectivity index (χ2n) is 3.56. The molecule has 0 saturated carbocycles. The first-order valence-electron chi connectivity index (χ1n) is 4.70. The van der Waals surface area contributed by atoms with E-state index in [4.69, 9.17) is 0 Å². The number of phenolic OH excluding ortho intramolecular Hbond substituents is 1. The summed E-state index contributed by atoms with van der Waals surface area (Å²) in [7, 11) is 0. The molecule has 0 unspecified atom stereocenters. The fourth-order valence-corrected chi connectivity index (χ4v) is 1.66. The van der Waals surface area contributed by atoms with Crippen LogP contribution in [0.1, 0.15) is 5.56 Å². The number of carbonyl (C=O) groups is 2. The molecule has 0 fully saturated rings. The molecular weight excluding hydrogens is 192 g/mol. The summed E-state index contributed by atoms with van der Waals surface area (Å²) in [5.41, 5.74) is 0.797. The molecule has 15 heavy (non-hydrogen) atoms. The Labute approximate surface area is 87.0 Å². The summed E-state index contributed by atoms with van der Waals surface area (Å²) in [6.07, 6.45) is 2.99. The van der Waals surface area contributed by atoms with Crippen LogP contribution in [-0.4, -0.2) is 16.7 Å². The number of rotatable bonds is 2. The maximum absolute atomic E-state index is 11.3. The molecule has 76 valence electrons. The van der Waals surface area contributed by atoms with Crippen LogP contribution in [0.15, 0.2) is 36.4 Å². The lowest BCUT2D eigenvalue weighted by Gasteiger charge is -2.06. The molecule has 2 rings (SSSR count). The molecule has 1 N–H and O–H groups in total. The van der Waals surface area contributed by atoms with Gasteiger partial charge in [-0.1, -0.05) is 12.1 Å². The summed E-state index contributed by atoms with van der Waals surface area (Å²) in [6.45, 7) is 0. The number of hydrogen-bond donors (Lipinski definition) is 1. The fraction of sp³-hybridized carbons (Fsp3) is 0.167. The Balaban J connectivity index is 2.16. The standard InChI is InChI=1S/C12H10O3/c13-9-3-1-2-8(6-9)7-10-11(14)4-5-12(10)15/h1-6,10,13H,7H2. The fourth-order valence-electron chi connectivity index (χ4n) is 1.66. The van der Waals surface area contributed by atoms with E-state index < -0.39 is 5.92 Å². The van der Waals surface area contributed by atoms with E-state index >= 15 is 0 Å². The van der Waals surface area contributed by atoms with Crippen LogP contribution in [0, 0.1) is 5.92 Å². The number of ketones is 2. The molecule has 0 saturated heterocycles. The minimum atomic E-state index is -0.591. The summed E-state index contributed by atoms with van der Waals surface area (Å²) in [5, 5.41) is 9.23. The molecule has 0 bridgehead atoms. The van der Waals surface area contributed by atoms with Gasteiger partial charge in [0.25, 0.3) is 0 Å². The van der Waals surface area contributed by atoms with Crippen molar-refractivity contribution in [1.29, 1.82) is 0 Å². The zero-order chi connectivity index (χ0) is 10.8. The first-order chi connectivity index (χ1) is 7.16. The number of carbonyl (C=O) groups excluding carboxylic acids is 2. The van der Waals surface area contributed by atoms with E-state index in [0.717, 1.165) is 5.56 Å². The number of phenols is 1. The highest BCUT2D eigenvalue weighted by atomic mass is 16.3. The van der Waals surface area contributed by atoms with Crippen LogP contribution in [0.5, 0.6) is 5.75 Å². The van der Waals surface area contributed by atoms with Crippen molar-refractivity contribution in [3.63, 3.8) is 0 Å². The Morgan fingerprint density at radius 2 is 1.80 bits per heavy atom. The van der Waals surface area contributed by atoms with Gasteiger partial charge in [0.1, 0.15) is 5.75 Å². The van der Waals surface area contributed by atoms with Crippen molar-refractivity contribution >= 4 is 11.6 Å². The summed E-state index contributed by atoms with van der Waals surface area (Å²) in [5.74, 6) is -0.739. The van der Waals surface area contributed by atoms with E-state index in [1.54, 1.807) is 24.3 Å². The van der Waals surface area contributed by atoms with Gasteiger partial charge in [0, 0.05) is 0 Å². The molecule has 1 aliphatic carbocycles. The van der Waals surface area contributed by atoms with Gasteiger partial charge in [0.2, 0.25) is 0 Å². The van der Waals surface area contributed by atoms with Gasteiger partial charge in [0.15, 0.2) is 11.6 Å².